The Kier molecular flexibility index (Phi) is 3.26. The summed E-state index contributed by atoms with van der Waals surface area (Å²) in [7, 11) is 0. The van der Waals surface area contributed by atoms with Crippen molar-refractivity contribution in [2.75, 3.05) is 26.2 Å². The standard InChI is InChI=1S/C11H20N2O2/c14-10(13-6-1-2-7-13)8-12-9-11(15)4-3-5-11/h12,15H,1-9H2. The maximum Gasteiger partial charge on any atom is 0.236 e. The molecule has 15 heavy (non-hydrogen) atoms. The molecule has 2 rings (SSSR count). The van der Waals surface area contributed by atoms with Gasteiger partial charge < -0.3 is 15.3 Å². The first-order valence-corrected chi connectivity index (χ1v) is 5.91. The number of likely N-dealkylation sites (tertiary alicyclic amines) is 1. The molecule has 4 nitrogen and oxygen atoms in total. The topological polar surface area (TPSA) is 52.6 Å². The van der Waals surface area contributed by atoms with Gasteiger partial charge in [0.05, 0.1) is 12.1 Å². The summed E-state index contributed by atoms with van der Waals surface area (Å²) in [6, 6.07) is 0. The van der Waals surface area contributed by atoms with Crippen LogP contribution in [0.3, 0.4) is 0 Å². The lowest BCUT2D eigenvalue weighted by Gasteiger charge is -2.36. The van der Waals surface area contributed by atoms with E-state index in [9.17, 15) is 9.90 Å². The van der Waals surface area contributed by atoms with Crippen LogP contribution in [0.2, 0.25) is 0 Å². The lowest BCUT2D eigenvalue weighted by molar-refractivity contribution is -0.129. The van der Waals surface area contributed by atoms with E-state index >= 15 is 0 Å². The van der Waals surface area contributed by atoms with Crippen molar-refractivity contribution in [1.82, 2.24) is 10.2 Å². The van der Waals surface area contributed by atoms with Crippen LogP contribution in [0.25, 0.3) is 0 Å². The first kappa shape index (κ1) is 10.9. The van der Waals surface area contributed by atoms with Crippen LogP contribution in [0.4, 0.5) is 0 Å². The van der Waals surface area contributed by atoms with Gasteiger partial charge in [0.1, 0.15) is 0 Å². The molecule has 0 unspecified atom stereocenters. The number of amides is 1. The van der Waals surface area contributed by atoms with Crippen LogP contribution in [-0.2, 0) is 4.79 Å². The van der Waals surface area contributed by atoms with Crippen LogP contribution in [0.5, 0.6) is 0 Å². The highest BCUT2D eigenvalue weighted by Crippen LogP contribution is 2.30. The number of aliphatic hydroxyl groups is 1. The van der Waals surface area contributed by atoms with E-state index in [0.717, 1.165) is 45.2 Å². The molecule has 1 amide bonds. The molecule has 1 saturated carbocycles. The van der Waals surface area contributed by atoms with Crippen molar-refractivity contribution in [3.63, 3.8) is 0 Å². The average Bonchev–Trinajstić information content (AvgIpc) is 2.67. The second kappa shape index (κ2) is 4.49. The van der Waals surface area contributed by atoms with Crippen molar-refractivity contribution in [2.45, 2.75) is 37.7 Å². The van der Waals surface area contributed by atoms with E-state index in [1.165, 1.54) is 0 Å². The van der Waals surface area contributed by atoms with E-state index < -0.39 is 5.60 Å². The fourth-order valence-electron chi connectivity index (χ4n) is 2.24. The normalized spacial score (nSPS) is 23.9. The number of carbonyl (C=O) groups is 1. The fourth-order valence-corrected chi connectivity index (χ4v) is 2.24. The van der Waals surface area contributed by atoms with Gasteiger partial charge in [0.2, 0.25) is 5.91 Å². The van der Waals surface area contributed by atoms with Gasteiger partial charge >= 0.3 is 0 Å². The van der Waals surface area contributed by atoms with Crippen molar-refractivity contribution in [2.24, 2.45) is 0 Å². The highest BCUT2D eigenvalue weighted by molar-refractivity contribution is 5.78. The predicted molar refractivity (Wildman–Crippen MR) is 57.5 cm³/mol. The molecule has 1 heterocycles. The molecule has 1 saturated heterocycles. The van der Waals surface area contributed by atoms with Gasteiger partial charge in [-0.3, -0.25) is 4.79 Å². The first-order valence-electron chi connectivity index (χ1n) is 5.91. The summed E-state index contributed by atoms with van der Waals surface area (Å²) in [6.07, 6.45) is 5.12. The zero-order chi connectivity index (χ0) is 10.7. The minimum Gasteiger partial charge on any atom is -0.389 e. The molecule has 0 aromatic carbocycles. The maximum atomic E-state index is 11.6. The Morgan fingerprint density at radius 3 is 2.47 bits per heavy atom. The summed E-state index contributed by atoms with van der Waals surface area (Å²) in [4.78, 5) is 13.5. The Morgan fingerprint density at radius 1 is 1.27 bits per heavy atom. The Hall–Kier alpha value is -0.610. The zero-order valence-corrected chi connectivity index (χ0v) is 9.17. The highest BCUT2D eigenvalue weighted by atomic mass is 16.3. The molecule has 0 radical (unpaired) electrons. The molecule has 2 aliphatic rings. The van der Waals surface area contributed by atoms with E-state index in [-0.39, 0.29) is 5.91 Å². The minimum atomic E-state index is -0.523. The Bertz CT molecular complexity index is 233. The molecule has 1 aliphatic carbocycles. The Balaban J connectivity index is 1.62. The van der Waals surface area contributed by atoms with Gasteiger partial charge in [0.25, 0.3) is 0 Å². The number of nitrogens with zero attached hydrogens (tertiary/aromatic N) is 1. The van der Waals surface area contributed by atoms with Gasteiger partial charge in [-0.25, -0.2) is 0 Å². The summed E-state index contributed by atoms with van der Waals surface area (Å²) >= 11 is 0. The Labute approximate surface area is 90.6 Å². The molecule has 0 spiro atoms. The largest absolute Gasteiger partial charge is 0.389 e. The summed E-state index contributed by atoms with van der Waals surface area (Å²) in [6.45, 7) is 2.75. The molecule has 0 atom stereocenters. The smallest absolute Gasteiger partial charge is 0.236 e. The van der Waals surface area contributed by atoms with E-state index in [1.54, 1.807) is 0 Å². The van der Waals surface area contributed by atoms with Crippen LogP contribution in [0.1, 0.15) is 32.1 Å². The quantitative estimate of drug-likeness (QED) is 0.695. The van der Waals surface area contributed by atoms with E-state index in [0.29, 0.717) is 13.1 Å². The molecular weight excluding hydrogens is 192 g/mol. The third-order valence-electron chi connectivity index (χ3n) is 3.47. The molecule has 0 aromatic heterocycles. The zero-order valence-electron chi connectivity index (χ0n) is 9.17. The number of hydrogen-bond acceptors (Lipinski definition) is 3. The lowest BCUT2D eigenvalue weighted by Crippen LogP contribution is -2.48. The Morgan fingerprint density at radius 2 is 1.93 bits per heavy atom. The van der Waals surface area contributed by atoms with E-state index in [4.69, 9.17) is 0 Å². The van der Waals surface area contributed by atoms with Crippen LogP contribution < -0.4 is 5.32 Å². The minimum absolute atomic E-state index is 0.176. The van der Waals surface area contributed by atoms with Gasteiger partial charge in [0, 0.05) is 19.6 Å². The lowest BCUT2D eigenvalue weighted by atomic mass is 9.80. The molecule has 0 bridgehead atoms. The van der Waals surface area contributed by atoms with Crippen molar-refractivity contribution in [1.29, 1.82) is 0 Å². The molecule has 86 valence electrons. The third-order valence-corrected chi connectivity index (χ3v) is 3.47. The third kappa shape index (κ3) is 2.69. The van der Waals surface area contributed by atoms with Gasteiger partial charge in [-0.05, 0) is 32.1 Å². The van der Waals surface area contributed by atoms with E-state index in [2.05, 4.69) is 5.32 Å². The van der Waals surface area contributed by atoms with Crippen molar-refractivity contribution >= 4 is 5.91 Å². The van der Waals surface area contributed by atoms with E-state index in [1.807, 2.05) is 4.90 Å². The van der Waals surface area contributed by atoms with Gasteiger partial charge in [-0.15, -0.1) is 0 Å². The predicted octanol–water partition coefficient (Wildman–Crippen LogP) is 0.113. The highest BCUT2D eigenvalue weighted by Gasteiger charge is 2.33. The SMILES string of the molecule is O=C(CNCC1(O)CCC1)N1CCCC1. The molecule has 1 aliphatic heterocycles. The van der Waals surface area contributed by atoms with Crippen LogP contribution in [-0.4, -0.2) is 47.7 Å². The molecular formula is C11H20N2O2. The monoisotopic (exact) mass is 212 g/mol. The molecule has 2 fully saturated rings. The number of carbonyl (C=O) groups excluding carboxylic acids is 1. The van der Waals surface area contributed by atoms with Crippen LogP contribution >= 0.6 is 0 Å². The molecule has 0 aromatic rings. The molecule has 2 N–H and O–H groups in total. The number of hydrogen-bond donors (Lipinski definition) is 2. The van der Waals surface area contributed by atoms with Crippen LogP contribution in [0.15, 0.2) is 0 Å². The first-order chi connectivity index (χ1) is 7.20. The van der Waals surface area contributed by atoms with Gasteiger partial charge in [0.15, 0.2) is 0 Å². The second-order valence-electron chi connectivity index (χ2n) is 4.77. The maximum absolute atomic E-state index is 11.6. The van der Waals surface area contributed by atoms with Crippen molar-refractivity contribution < 1.29 is 9.90 Å². The fraction of sp³-hybridized carbons (Fsp3) is 0.909. The number of rotatable bonds is 4. The summed E-state index contributed by atoms with van der Waals surface area (Å²) < 4.78 is 0. The molecule has 4 heteroatoms. The average molecular weight is 212 g/mol. The van der Waals surface area contributed by atoms with Crippen LogP contribution in [0, 0.1) is 0 Å². The number of nitrogens with one attached hydrogen (secondary N) is 1. The van der Waals surface area contributed by atoms with Crippen molar-refractivity contribution in [3.05, 3.63) is 0 Å². The second-order valence-corrected chi connectivity index (χ2v) is 4.77. The summed E-state index contributed by atoms with van der Waals surface area (Å²) in [5, 5.41) is 12.9. The van der Waals surface area contributed by atoms with Crippen molar-refractivity contribution in [3.8, 4) is 0 Å². The summed E-state index contributed by atoms with van der Waals surface area (Å²) in [5.41, 5.74) is -0.523. The summed E-state index contributed by atoms with van der Waals surface area (Å²) in [5.74, 6) is 0.176. The van der Waals surface area contributed by atoms with Gasteiger partial charge in [-0.1, -0.05) is 0 Å². The van der Waals surface area contributed by atoms with Gasteiger partial charge in [-0.2, -0.15) is 0 Å².